The number of ether oxygens (including phenoxy) is 2. The Labute approximate surface area is 205 Å². The van der Waals surface area contributed by atoms with E-state index in [2.05, 4.69) is 10.6 Å². The van der Waals surface area contributed by atoms with Gasteiger partial charge in [0.05, 0.1) is 13.2 Å². The van der Waals surface area contributed by atoms with Crippen LogP contribution < -0.4 is 25.8 Å². The van der Waals surface area contributed by atoms with E-state index in [9.17, 15) is 4.79 Å². The molecule has 0 unspecified atom stereocenters. The van der Waals surface area contributed by atoms with Gasteiger partial charge in [-0.3, -0.25) is 4.79 Å². The quantitative estimate of drug-likeness (QED) is 0.254. The zero-order valence-electron chi connectivity index (χ0n) is 21.0. The molecule has 35 heavy (non-hydrogen) atoms. The maximum Gasteiger partial charge on any atom is 0.258 e. The highest BCUT2D eigenvalue weighted by Gasteiger charge is 2.18. The van der Waals surface area contributed by atoms with Crippen molar-refractivity contribution in [1.82, 2.24) is 20.1 Å². The zero-order valence-corrected chi connectivity index (χ0v) is 21.0. The summed E-state index contributed by atoms with van der Waals surface area (Å²) in [6.45, 7) is 9.61. The van der Waals surface area contributed by atoms with E-state index in [1.807, 2.05) is 46.8 Å². The molecule has 3 rings (SSSR count). The van der Waals surface area contributed by atoms with E-state index in [1.165, 1.54) is 13.3 Å². The lowest BCUT2D eigenvalue weighted by atomic mass is 10.1. The Kier molecular flexibility index (Phi) is 7.95. The third-order valence-corrected chi connectivity index (χ3v) is 5.29. The Morgan fingerprint density at radius 1 is 1.20 bits per heavy atom. The number of benzene rings is 2. The van der Waals surface area contributed by atoms with Gasteiger partial charge in [0.15, 0.2) is 23.9 Å². The van der Waals surface area contributed by atoms with Gasteiger partial charge in [0.1, 0.15) is 0 Å². The average Bonchev–Trinajstić information content (AvgIpc) is 3.23. The minimum Gasteiger partial charge on any atom is -0.493 e. The van der Waals surface area contributed by atoms with E-state index < -0.39 is 0 Å². The second kappa shape index (κ2) is 10.9. The number of rotatable bonds is 10. The zero-order chi connectivity index (χ0) is 25.7. The molecule has 2 aromatic carbocycles. The second-order valence-corrected chi connectivity index (χ2v) is 8.68. The van der Waals surface area contributed by atoms with Crippen LogP contribution in [0.15, 0.2) is 30.3 Å². The topological polar surface area (TPSA) is 140 Å². The van der Waals surface area contributed by atoms with Crippen molar-refractivity contribution in [1.29, 1.82) is 5.41 Å². The van der Waals surface area contributed by atoms with E-state index >= 15 is 0 Å². The number of methoxy groups -OCH3 is 1. The van der Waals surface area contributed by atoms with Gasteiger partial charge in [-0.05, 0) is 70.5 Å². The van der Waals surface area contributed by atoms with Crippen molar-refractivity contribution in [2.24, 2.45) is 0 Å². The molecule has 0 aliphatic rings. The van der Waals surface area contributed by atoms with Crippen LogP contribution in [-0.4, -0.2) is 46.6 Å². The normalized spacial score (nSPS) is 11.0. The Hall–Kier alpha value is -4.08. The van der Waals surface area contributed by atoms with E-state index in [1.54, 1.807) is 22.9 Å². The fourth-order valence-electron chi connectivity index (χ4n) is 3.52. The van der Waals surface area contributed by atoms with Crippen LogP contribution in [0, 0.1) is 12.3 Å². The van der Waals surface area contributed by atoms with Crippen molar-refractivity contribution in [3.05, 3.63) is 41.5 Å². The number of anilines is 3. The van der Waals surface area contributed by atoms with Crippen LogP contribution in [0.5, 0.6) is 11.5 Å². The third-order valence-electron chi connectivity index (χ3n) is 5.29. The summed E-state index contributed by atoms with van der Waals surface area (Å²) >= 11 is 0. The molecule has 186 valence electrons. The molecule has 0 fully saturated rings. The largest absolute Gasteiger partial charge is 0.493 e. The lowest BCUT2D eigenvalue weighted by Crippen LogP contribution is -2.34. The molecule has 0 atom stereocenters. The van der Waals surface area contributed by atoms with E-state index in [0.29, 0.717) is 34.5 Å². The molecule has 5 N–H and O–H groups in total. The van der Waals surface area contributed by atoms with Crippen LogP contribution in [-0.2, 0) is 4.79 Å². The van der Waals surface area contributed by atoms with Crippen LogP contribution in [0.25, 0.3) is 11.4 Å². The summed E-state index contributed by atoms with van der Waals surface area (Å²) in [5.74, 6) is 1.78. The van der Waals surface area contributed by atoms with E-state index in [-0.39, 0.29) is 24.6 Å². The van der Waals surface area contributed by atoms with Crippen LogP contribution >= 0.6 is 0 Å². The summed E-state index contributed by atoms with van der Waals surface area (Å²) in [7, 11) is 1.54. The summed E-state index contributed by atoms with van der Waals surface area (Å²) in [5.41, 5.74) is 9.58. The monoisotopic (exact) mass is 479 g/mol. The van der Waals surface area contributed by atoms with Crippen molar-refractivity contribution in [2.45, 2.75) is 46.7 Å². The number of carbonyl (C=O) groups is 1. The Morgan fingerprint density at radius 2 is 1.94 bits per heavy atom. The number of nitrogen functional groups attached to an aromatic ring is 1. The summed E-state index contributed by atoms with van der Waals surface area (Å²) in [4.78, 5) is 16.6. The number of hydrogen-bond acceptors (Lipinski definition) is 8. The molecular weight excluding hydrogens is 446 g/mol. The highest BCUT2D eigenvalue weighted by atomic mass is 16.5. The van der Waals surface area contributed by atoms with Gasteiger partial charge in [-0.1, -0.05) is 0 Å². The smallest absolute Gasteiger partial charge is 0.258 e. The fraction of sp³-hybridized carbons (Fsp3) is 0.360. The predicted molar refractivity (Wildman–Crippen MR) is 138 cm³/mol. The summed E-state index contributed by atoms with van der Waals surface area (Å²) < 4.78 is 12.9. The molecule has 1 heterocycles. The molecule has 0 radical (unpaired) electrons. The van der Waals surface area contributed by atoms with Crippen LogP contribution in [0.1, 0.15) is 44.9 Å². The molecule has 10 nitrogen and oxygen atoms in total. The maximum absolute atomic E-state index is 11.9. The number of amides is 1. The number of carbonyl (C=O) groups excluding carboxylic acids is 1. The average molecular weight is 480 g/mol. The van der Waals surface area contributed by atoms with Gasteiger partial charge < -0.3 is 31.3 Å². The Morgan fingerprint density at radius 3 is 2.57 bits per heavy atom. The number of hydrogen-bond donors (Lipinski definition) is 4. The summed E-state index contributed by atoms with van der Waals surface area (Å²) in [6.07, 6.45) is 1.25. The first-order valence-corrected chi connectivity index (χ1v) is 11.4. The maximum atomic E-state index is 11.9. The van der Waals surface area contributed by atoms with Gasteiger partial charge in [-0.2, -0.15) is 4.98 Å². The highest BCUT2D eigenvalue weighted by molar-refractivity contribution is 5.90. The molecule has 0 aliphatic heterocycles. The lowest BCUT2D eigenvalue weighted by Gasteiger charge is -2.14. The van der Waals surface area contributed by atoms with Gasteiger partial charge >= 0.3 is 0 Å². The molecule has 3 aromatic rings. The van der Waals surface area contributed by atoms with Crippen LogP contribution in [0.4, 0.5) is 17.3 Å². The molecule has 0 bridgehead atoms. The minimum atomic E-state index is -0.205. The van der Waals surface area contributed by atoms with Gasteiger partial charge in [0, 0.05) is 34.8 Å². The van der Waals surface area contributed by atoms with Crippen molar-refractivity contribution >= 4 is 29.4 Å². The Bertz CT molecular complexity index is 1220. The predicted octanol–water partition coefficient (Wildman–Crippen LogP) is 4.07. The SMILES string of the molecule is COc1cc(-c2nc(Nc3ccc(N)c(C=N)c3C)n(C(C)C)n2)ccc1OCC(=O)NC(C)C. The molecule has 1 aromatic heterocycles. The van der Waals surface area contributed by atoms with Gasteiger partial charge in [-0.25, -0.2) is 4.68 Å². The molecule has 0 aliphatic carbocycles. The first kappa shape index (κ1) is 25.5. The first-order chi connectivity index (χ1) is 16.6. The summed E-state index contributed by atoms with van der Waals surface area (Å²) in [5, 5.41) is 18.5. The van der Waals surface area contributed by atoms with Gasteiger partial charge in [0.25, 0.3) is 5.91 Å². The number of nitrogens with one attached hydrogen (secondary N) is 3. The lowest BCUT2D eigenvalue weighted by molar-refractivity contribution is -0.123. The van der Waals surface area contributed by atoms with Crippen molar-refractivity contribution in [2.75, 3.05) is 24.8 Å². The summed E-state index contributed by atoms with van der Waals surface area (Å²) in [6, 6.07) is 9.04. The van der Waals surface area contributed by atoms with Gasteiger partial charge in [0.2, 0.25) is 5.95 Å². The number of nitrogens with two attached hydrogens (primary N) is 1. The molecule has 10 heteroatoms. The molecule has 0 saturated heterocycles. The van der Waals surface area contributed by atoms with E-state index in [4.69, 9.17) is 30.7 Å². The molecule has 0 saturated carbocycles. The Balaban J connectivity index is 1.90. The highest BCUT2D eigenvalue weighted by Crippen LogP contribution is 2.33. The fourth-order valence-corrected chi connectivity index (χ4v) is 3.52. The second-order valence-electron chi connectivity index (χ2n) is 8.68. The molecule has 0 spiro atoms. The molecule has 1 amide bonds. The first-order valence-electron chi connectivity index (χ1n) is 11.4. The van der Waals surface area contributed by atoms with Crippen molar-refractivity contribution < 1.29 is 14.3 Å². The number of aromatic nitrogens is 3. The van der Waals surface area contributed by atoms with E-state index in [0.717, 1.165) is 16.8 Å². The third kappa shape index (κ3) is 5.89. The van der Waals surface area contributed by atoms with Crippen LogP contribution in [0.3, 0.4) is 0 Å². The molecular formula is C25H33N7O3. The standard InChI is InChI=1S/C25H33N7O3/c1-14(2)28-23(33)13-35-21-10-7-17(11-22(21)34-6)24-30-25(32(31-24)15(3)4)29-20-9-8-19(27)18(12-26)16(20)5/h7-12,14-15,26H,13,27H2,1-6H3,(H,28,33)(H,29,30,31). The minimum absolute atomic E-state index is 0.0362. The van der Waals surface area contributed by atoms with Crippen molar-refractivity contribution in [3.8, 4) is 22.9 Å². The van der Waals surface area contributed by atoms with Crippen molar-refractivity contribution in [3.63, 3.8) is 0 Å². The van der Waals surface area contributed by atoms with Gasteiger partial charge in [-0.15, -0.1) is 5.10 Å². The number of nitrogens with zero attached hydrogens (tertiary/aromatic N) is 3. The van der Waals surface area contributed by atoms with Crippen LogP contribution in [0.2, 0.25) is 0 Å².